The third-order valence-corrected chi connectivity index (χ3v) is 5.80. The molecule has 0 fully saturated rings. The number of anilines is 1. The zero-order valence-electron chi connectivity index (χ0n) is 16.2. The van der Waals surface area contributed by atoms with Crippen molar-refractivity contribution < 1.29 is 9.53 Å². The van der Waals surface area contributed by atoms with E-state index in [1.165, 1.54) is 16.3 Å². The van der Waals surface area contributed by atoms with E-state index in [-0.39, 0.29) is 5.91 Å². The van der Waals surface area contributed by atoms with Crippen molar-refractivity contribution in [2.24, 2.45) is 5.10 Å². The number of nitrogens with zero attached hydrogens (tertiary/aromatic N) is 3. The first kappa shape index (κ1) is 20.6. The van der Waals surface area contributed by atoms with Crippen molar-refractivity contribution in [1.29, 1.82) is 0 Å². The van der Waals surface area contributed by atoms with Crippen LogP contribution in [-0.4, -0.2) is 23.2 Å². The number of hydrogen-bond acceptors (Lipinski definition) is 5. The van der Waals surface area contributed by atoms with Crippen molar-refractivity contribution in [2.45, 2.75) is 13.8 Å². The molecular weight excluding hydrogens is 441 g/mol. The molecule has 0 saturated carbocycles. The van der Waals surface area contributed by atoms with Gasteiger partial charge in [0.05, 0.1) is 33.6 Å². The van der Waals surface area contributed by atoms with Gasteiger partial charge in [-0.3, -0.25) is 4.79 Å². The summed E-state index contributed by atoms with van der Waals surface area (Å²) in [5.41, 5.74) is 3.54. The van der Waals surface area contributed by atoms with Crippen molar-refractivity contribution in [1.82, 2.24) is 4.98 Å². The van der Waals surface area contributed by atoms with Gasteiger partial charge < -0.3 is 4.74 Å². The van der Waals surface area contributed by atoms with Gasteiger partial charge in [-0.15, -0.1) is 11.3 Å². The number of hydrazone groups is 1. The molecule has 1 amide bonds. The van der Waals surface area contributed by atoms with Gasteiger partial charge in [-0.2, -0.15) is 10.1 Å². The minimum Gasteiger partial charge on any atom is -0.491 e. The summed E-state index contributed by atoms with van der Waals surface area (Å²) in [6.07, 6.45) is 1.72. The molecule has 2 aromatic carbocycles. The molecule has 1 aliphatic rings. The van der Waals surface area contributed by atoms with E-state index in [0.29, 0.717) is 44.4 Å². The molecule has 0 atom stereocenters. The highest BCUT2D eigenvalue weighted by Gasteiger charge is 2.31. The molecule has 0 saturated heterocycles. The standard InChI is InChI=1S/C22H17Cl2N3O2S/c1-3-29-20-17(23)10-14(11-18(20)24)9-16-13(2)26-27(21(16)28)22-25-19(12-30-22)15-7-5-4-6-8-15/h4-12H,3H2,1-2H3. The predicted molar refractivity (Wildman–Crippen MR) is 124 cm³/mol. The number of carbonyl (C=O) groups is 1. The number of aromatic nitrogens is 1. The minimum atomic E-state index is -0.248. The van der Waals surface area contributed by atoms with E-state index in [9.17, 15) is 4.79 Å². The quantitative estimate of drug-likeness (QED) is 0.421. The van der Waals surface area contributed by atoms with Gasteiger partial charge in [-0.25, -0.2) is 4.98 Å². The fourth-order valence-electron chi connectivity index (χ4n) is 3.03. The second kappa shape index (κ2) is 8.60. The second-order valence-corrected chi connectivity index (χ2v) is 8.14. The lowest BCUT2D eigenvalue weighted by Crippen LogP contribution is -2.21. The largest absolute Gasteiger partial charge is 0.491 e. The summed E-state index contributed by atoms with van der Waals surface area (Å²) in [6.45, 7) is 4.10. The van der Waals surface area contributed by atoms with Crippen LogP contribution < -0.4 is 9.75 Å². The molecule has 152 valence electrons. The van der Waals surface area contributed by atoms with Crippen LogP contribution in [0.15, 0.2) is 58.5 Å². The zero-order valence-corrected chi connectivity index (χ0v) is 18.6. The SMILES string of the molecule is CCOc1c(Cl)cc(C=C2C(=O)N(c3nc(-c4ccccc4)cs3)N=C2C)cc1Cl. The van der Waals surface area contributed by atoms with Crippen LogP contribution in [0.2, 0.25) is 10.0 Å². The number of amides is 1. The van der Waals surface area contributed by atoms with E-state index in [0.717, 1.165) is 11.3 Å². The monoisotopic (exact) mass is 457 g/mol. The predicted octanol–water partition coefficient (Wildman–Crippen LogP) is 6.32. The highest BCUT2D eigenvalue weighted by atomic mass is 35.5. The van der Waals surface area contributed by atoms with E-state index in [4.69, 9.17) is 27.9 Å². The van der Waals surface area contributed by atoms with Crippen LogP contribution in [-0.2, 0) is 4.79 Å². The number of hydrogen-bond donors (Lipinski definition) is 0. The van der Waals surface area contributed by atoms with Crippen LogP contribution in [0, 0.1) is 0 Å². The van der Waals surface area contributed by atoms with Crippen LogP contribution in [0.1, 0.15) is 19.4 Å². The van der Waals surface area contributed by atoms with Crippen molar-refractivity contribution >= 4 is 57.4 Å². The van der Waals surface area contributed by atoms with Crippen LogP contribution in [0.25, 0.3) is 17.3 Å². The second-order valence-electron chi connectivity index (χ2n) is 6.49. The Bertz CT molecular complexity index is 1150. The molecule has 1 aliphatic heterocycles. The Morgan fingerprint density at radius 2 is 1.87 bits per heavy atom. The van der Waals surface area contributed by atoms with Gasteiger partial charge in [-0.05, 0) is 37.6 Å². The first-order valence-corrected chi connectivity index (χ1v) is 10.9. The molecule has 3 aromatic rings. The van der Waals surface area contributed by atoms with E-state index >= 15 is 0 Å². The first-order chi connectivity index (χ1) is 14.5. The summed E-state index contributed by atoms with van der Waals surface area (Å²) in [4.78, 5) is 17.6. The highest BCUT2D eigenvalue weighted by Crippen LogP contribution is 2.36. The molecule has 5 nitrogen and oxygen atoms in total. The average molecular weight is 458 g/mol. The van der Waals surface area contributed by atoms with Crippen molar-refractivity contribution in [3.05, 3.63) is 69.0 Å². The van der Waals surface area contributed by atoms with Gasteiger partial charge in [0.2, 0.25) is 5.13 Å². The highest BCUT2D eigenvalue weighted by molar-refractivity contribution is 7.14. The third-order valence-electron chi connectivity index (χ3n) is 4.43. The fraction of sp³-hybridized carbons (Fsp3) is 0.136. The zero-order chi connectivity index (χ0) is 21.3. The molecule has 4 rings (SSSR count). The van der Waals surface area contributed by atoms with Crippen molar-refractivity contribution in [2.75, 3.05) is 11.6 Å². The number of ether oxygens (including phenoxy) is 1. The summed E-state index contributed by atoms with van der Waals surface area (Å²) in [6, 6.07) is 13.2. The Morgan fingerprint density at radius 3 is 2.53 bits per heavy atom. The van der Waals surface area contributed by atoms with Crippen LogP contribution in [0.3, 0.4) is 0 Å². The van der Waals surface area contributed by atoms with Crippen LogP contribution in [0.4, 0.5) is 5.13 Å². The summed E-state index contributed by atoms with van der Waals surface area (Å²) in [5, 5.41) is 8.94. The van der Waals surface area contributed by atoms with E-state index < -0.39 is 0 Å². The molecular formula is C22H17Cl2N3O2S. The Morgan fingerprint density at radius 1 is 1.17 bits per heavy atom. The Labute approximate surface area is 188 Å². The summed E-state index contributed by atoms with van der Waals surface area (Å²) < 4.78 is 5.46. The van der Waals surface area contributed by atoms with E-state index in [1.807, 2.05) is 42.6 Å². The number of rotatable bonds is 5. The molecule has 0 spiro atoms. The van der Waals surface area contributed by atoms with Gasteiger partial charge in [0.15, 0.2) is 5.75 Å². The van der Waals surface area contributed by atoms with Gasteiger partial charge in [0, 0.05) is 10.9 Å². The van der Waals surface area contributed by atoms with Crippen LogP contribution in [0.5, 0.6) is 5.75 Å². The number of benzene rings is 2. The molecule has 0 aliphatic carbocycles. The molecule has 8 heteroatoms. The fourth-order valence-corrected chi connectivity index (χ4v) is 4.42. The Hall–Kier alpha value is -2.67. The molecule has 1 aromatic heterocycles. The first-order valence-electron chi connectivity index (χ1n) is 9.22. The molecule has 0 radical (unpaired) electrons. The average Bonchev–Trinajstić information content (AvgIpc) is 3.32. The van der Waals surface area contributed by atoms with Crippen molar-refractivity contribution in [3.8, 4) is 17.0 Å². The molecule has 2 heterocycles. The van der Waals surface area contributed by atoms with Gasteiger partial charge in [0.1, 0.15) is 0 Å². The summed E-state index contributed by atoms with van der Waals surface area (Å²) in [7, 11) is 0. The minimum absolute atomic E-state index is 0.248. The van der Waals surface area contributed by atoms with Crippen molar-refractivity contribution in [3.63, 3.8) is 0 Å². The normalized spacial score (nSPS) is 15.1. The lowest BCUT2D eigenvalue weighted by molar-refractivity contribution is -0.114. The number of thiazole rings is 1. The molecule has 30 heavy (non-hydrogen) atoms. The summed E-state index contributed by atoms with van der Waals surface area (Å²) in [5.74, 6) is 0.187. The third kappa shape index (κ3) is 3.99. The number of halogens is 2. The topological polar surface area (TPSA) is 54.8 Å². The Balaban J connectivity index is 1.62. The smallest absolute Gasteiger partial charge is 0.282 e. The maximum Gasteiger partial charge on any atom is 0.282 e. The maximum absolute atomic E-state index is 13.0. The molecule has 0 bridgehead atoms. The van der Waals surface area contributed by atoms with Gasteiger partial charge >= 0.3 is 0 Å². The van der Waals surface area contributed by atoms with Crippen LogP contribution >= 0.6 is 34.5 Å². The Kier molecular flexibility index (Phi) is 5.90. The maximum atomic E-state index is 13.0. The molecule has 0 unspecified atom stereocenters. The summed E-state index contributed by atoms with van der Waals surface area (Å²) >= 11 is 13.9. The lowest BCUT2D eigenvalue weighted by Gasteiger charge is -2.09. The molecule has 0 N–H and O–H groups in total. The number of carbonyl (C=O) groups excluding carboxylic acids is 1. The van der Waals surface area contributed by atoms with Gasteiger partial charge in [-0.1, -0.05) is 53.5 Å². The lowest BCUT2D eigenvalue weighted by atomic mass is 10.1. The van der Waals surface area contributed by atoms with E-state index in [2.05, 4.69) is 10.1 Å². The van der Waals surface area contributed by atoms with Gasteiger partial charge in [0.25, 0.3) is 5.91 Å². The van der Waals surface area contributed by atoms with E-state index in [1.54, 1.807) is 25.1 Å².